The molecule has 0 unspecified atom stereocenters. The number of urea groups is 2. The molecular weight excluding hydrogens is 358 g/mol. The van der Waals surface area contributed by atoms with E-state index < -0.39 is 28.1 Å². The Labute approximate surface area is 151 Å². The number of imide groups is 1. The number of hydrogen-bond acceptors (Lipinski definition) is 6. The lowest BCUT2D eigenvalue weighted by Gasteiger charge is -2.23. The number of carbonyl (C=O) groups is 2. The molecule has 10 heteroatoms. The van der Waals surface area contributed by atoms with Crippen molar-refractivity contribution in [2.75, 3.05) is 11.6 Å². The van der Waals surface area contributed by atoms with Crippen LogP contribution in [0.15, 0.2) is 29.8 Å². The lowest BCUT2D eigenvalue weighted by atomic mass is 10.1. The molecule has 0 fully saturated rings. The van der Waals surface area contributed by atoms with E-state index in [1.807, 2.05) is 5.32 Å². The predicted octanol–water partition coefficient (Wildman–Crippen LogP) is 2.03. The predicted molar refractivity (Wildman–Crippen MR) is 95.0 cm³/mol. The number of rotatable bonds is 4. The molecule has 0 atom stereocenters. The number of carbonyl (C=O) groups excluding carboxylic acids is 2. The third-order valence-corrected chi connectivity index (χ3v) is 4.27. The lowest BCUT2D eigenvalue weighted by molar-refractivity contribution is 0.213. The number of sulfonamides is 1. The second kappa shape index (κ2) is 8.65. The summed E-state index contributed by atoms with van der Waals surface area (Å²) >= 11 is 0. The van der Waals surface area contributed by atoms with Gasteiger partial charge in [-0.25, -0.2) is 22.3 Å². The van der Waals surface area contributed by atoms with Crippen LogP contribution in [0.4, 0.5) is 15.3 Å². The van der Waals surface area contributed by atoms with Crippen molar-refractivity contribution < 1.29 is 18.0 Å². The van der Waals surface area contributed by atoms with Gasteiger partial charge in [0.2, 0.25) is 10.0 Å². The summed E-state index contributed by atoms with van der Waals surface area (Å²) < 4.78 is 23.8. The average Bonchev–Trinajstić information content (AvgIpc) is 2.52. The van der Waals surface area contributed by atoms with Gasteiger partial charge in [0.15, 0.2) is 0 Å². The smallest absolute Gasteiger partial charge is 0.308 e. The van der Waals surface area contributed by atoms with Crippen molar-refractivity contribution >= 4 is 33.8 Å². The number of nitrogens with one attached hydrogen (secondary N) is 2. The normalized spacial score (nSPS) is 10.2. The van der Waals surface area contributed by atoms with Crippen LogP contribution >= 0.6 is 0 Å². The Hall–Kier alpha value is -3.37. The van der Waals surface area contributed by atoms with Gasteiger partial charge >= 0.3 is 12.1 Å². The molecule has 26 heavy (non-hydrogen) atoms. The van der Waals surface area contributed by atoms with Crippen LogP contribution in [0, 0.1) is 22.7 Å². The first-order valence-corrected chi connectivity index (χ1v) is 9.16. The molecule has 0 aliphatic carbocycles. The topological polar surface area (TPSA) is 143 Å². The molecule has 1 aromatic rings. The third kappa shape index (κ3) is 5.92. The number of benzene rings is 1. The Balaban J connectivity index is 2.80. The van der Waals surface area contributed by atoms with Crippen LogP contribution in [-0.2, 0) is 10.0 Å². The summed E-state index contributed by atoms with van der Waals surface area (Å²) in [6, 6.07) is 6.96. The zero-order valence-electron chi connectivity index (χ0n) is 14.3. The molecule has 9 nitrogen and oxygen atoms in total. The zero-order chi connectivity index (χ0) is 19.9. The van der Waals surface area contributed by atoms with Gasteiger partial charge in [0.05, 0.1) is 6.26 Å². The summed E-state index contributed by atoms with van der Waals surface area (Å²) in [6.45, 7) is 3.00. The molecule has 0 saturated carbocycles. The van der Waals surface area contributed by atoms with Crippen LogP contribution < -0.4 is 10.6 Å². The summed E-state index contributed by atoms with van der Waals surface area (Å²) in [4.78, 5) is 23.8. The quantitative estimate of drug-likeness (QED) is 0.771. The van der Waals surface area contributed by atoms with Crippen molar-refractivity contribution in [2.24, 2.45) is 0 Å². The molecule has 0 aliphatic heterocycles. The van der Waals surface area contributed by atoms with Gasteiger partial charge in [-0.2, -0.15) is 10.5 Å². The fourth-order valence-electron chi connectivity index (χ4n) is 2.00. The van der Waals surface area contributed by atoms with Gasteiger partial charge in [-0.3, -0.25) is 5.32 Å². The highest BCUT2D eigenvalue weighted by Gasteiger charge is 2.27. The Kier molecular flexibility index (Phi) is 6.88. The second-order valence-electron chi connectivity index (χ2n) is 5.44. The molecule has 0 radical (unpaired) electrons. The maximum absolute atomic E-state index is 12.0. The van der Waals surface area contributed by atoms with Crippen LogP contribution in [0.25, 0.3) is 6.08 Å². The molecule has 0 saturated heterocycles. The SMILES string of the molecule is CC(C)N(C(=O)NC(=O)Nc1ccc(C=C(C#N)C#N)cc1)S(C)(=O)=O. The number of nitrogens with zero attached hydrogens (tertiary/aromatic N) is 3. The van der Waals surface area contributed by atoms with Crippen LogP contribution in [0.5, 0.6) is 0 Å². The Morgan fingerprint density at radius 3 is 2.12 bits per heavy atom. The van der Waals surface area contributed by atoms with Crippen molar-refractivity contribution in [3.63, 3.8) is 0 Å². The molecular formula is C16H17N5O4S. The van der Waals surface area contributed by atoms with Crippen molar-refractivity contribution in [3.8, 4) is 12.1 Å². The minimum atomic E-state index is -3.82. The van der Waals surface area contributed by atoms with Crippen molar-refractivity contribution in [3.05, 3.63) is 35.4 Å². The Morgan fingerprint density at radius 2 is 1.69 bits per heavy atom. The monoisotopic (exact) mass is 375 g/mol. The molecule has 0 bridgehead atoms. The Bertz CT molecular complexity index is 889. The summed E-state index contributed by atoms with van der Waals surface area (Å²) in [6.07, 6.45) is 2.24. The van der Waals surface area contributed by atoms with E-state index in [2.05, 4.69) is 5.32 Å². The highest BCUT2D eigenvalue weighted by molar-refractivity contribution is 7.88. The first-order valence-electron chi connectivity index (χ1n) is 7.31. The van der Waals surface area contributed by atoms with E-state index in [1.165, 1.54) is 32.1 Å². The van der Waals surface area contributed by atoms with Crippen LogP contribution in [0.1, 0.15) is 19.4 Å². The summed E-state index contributed by atoms with van der Waals surface area (Å²) in [7, 11) is -3.82. The van der Waals surface area contributed by atoms with Gasteiger partial charge in [-0.1, -0.05) is 12.1 Å². The maximum atomic E-state index is 12.0. The van der Waals surface area contributed by atoms with E-state index in [0.717, 1.165) is 6.26 Å². The molecule has 0 aliphatic rings. The molecule has 0 spiro atoms. The van der Waals surface area contributed by atoms with E-state index in [9.17, 15) is 18.0 Å². The summed E-state index contributed by atoms with van der Waals surface area (Å²) in [5, 5.41) is 21.7. The van der Waals surface area contributed by atoms with Crippen molar-refractivity contribution in [1.29, 1.82) is 10.5 Å². The van der Waals surface area contributed by atoms with Gasteiger partial charge < -0.3 is 5.32 Å². The highest BCUT2D eigenvalue weighted by Crippen LogP contribution is 2.12. The second-order valence-corrected chi connectivity index (χ2v) is 7.30. The van der Waals surface area contributed by atoms with Gasteiger partial charge in [0, 0.05) is 11.7 Å². The van der Waals surface area contributed by atoms with Crippen LogP contribution in [-0.4, -0.2) is 37.1 Å². The number of amides is 4. The van der Waals surface area contributed by atoms with E-state index in [4.69, 9.17) is 10.5 Å². The van der Waals surface area contributed by atoms with Crippen molar-refractivity contribution in [1.82, 2.24) is 9.62 Å². The van der Waals surface area contributed by atoms with Crippen molar-refractivity contribution in [2.45, 2.75) is 19.9 Å². The summed E-state index contributed by atoms with van der Waals surface area (Å²) in [5.74, 6) is 0. The first kappa shape index (κ1) is 20.7. The fourth-order valence-corrected chi connectivity index (χ4v) is 3.11. The molecule has 136 valence electrons. The molecule has 2 N–H and O–H groups in total. The highest BCUT2D eigenvalue weighted by atomic mass is 32.2. The van der Waals surface area contributed by atoms with E-state index >= 15 is 0 Å². The maximum Gasteiger partial charge on any atom is 0.339 e. The molecule has 0 heterocycles. The lowest BCUT2D eigenvalue weighted by Crippen LogP contribution is -2.49. The Morgan fingerprint density at radius 1 is 1.15 bits per heavy atom. The molecule has 0 aromatic heterocycles. The van der Waals surface area contributed by atoms with E-state index in [0.29, 0.717) is 15.6 Å². The number of anilines is 1. The third-order valence-electron chi connectivity index (χ3n) is 2.97. The largest absolute Gasteiger partial charge is 0.339 e. The summed E-state index contributed by atoms with van der Waals surface area (Å²) in [5.41, 5.74) is 0.843. The minimum absolute atomic E-state index is 0.0661. The van der Waals surface area contributed by atoms with Gasteiger partial charge in [-0.15, -0.1) is 0 Å². The van der Waals surface area contributed by atoms with Crippen LogP contribution in [0.3, 0.4) is 0 Å². The first-order chi connectivity index (χ1) is 12.1. The number of nitriles is 2. The van der Waals surface area contributed by atoms with E-state index in [1.54, 1.807) is 24.3 Å². The fraction of sp³-hybridized carbons (Fsp3) is 0.250. The number of allylic oxidation sites excluding steroid dienone is 1. The standard InChI is InChI=1S/C16H17N5O4S/c1-11(2)21(26(3,24)25)16(23)20-15(22)19-14-6-4-12(5-7-14)8-13(9-17)10-18/h4-8,11H,1-3H3,(H2,19,20,22,23). The van der Waals surface area contributed by atoms with Gasteiger partial charge in [-0.05, 0) is 37.6 Å². The van der Waals surface area contributed by atoms with Gasteiger partial charge in [0.1, 0.15) is 17.7 Å². The molecule has 1 aromatic carbocycles. The average molecular weight is 375 g/mol. The van der Waals surface area contributed by atoms with E-state index in [-0.39, 0.29) is 5.57 Å². The van der Waals surface area contributed by atoms with Crippen LogP contribution in [0.2, 0.25) is 0 Å². The molecule has 1 rings (SSSR count). The number of hydrogen-bond donors (Lipinski definition) is 2. The minimum Gasteiger partial charge on any atom is -0.308 e. The molecule has 4 amide bonds. The van der Waals surface area contributed by atoms with Gasteiger partial charge in [0.25, 0.3) is 0 Å². The zero-order valence-corrected chi connectivity index (χ0v) is 15.2.